The first-order chi connectivity index (χ1) is 10.7. The third-order valence-corrected chi connectivity index (χ3v) is 4.78. The number of rotatable bonds is 4. The summed E-state index contributed by atoms with van der Waals surface area (Å²) >= 11 is 0. The highest BCUT2D eigenvalue weighted by atomic mass is 16.1. The van der Waals surface area contributed by atoms with Crippen LogP contribution in [0.1, 0.15) is 29.6 Å². The molecule has 2 aliphatic rings. The van der Waals surface area contributed by atoms with Gasteiger partial charge in [0.2, 0.25) is 5.91 Å². The van der Waals surface area contributed by atoms with Gasteiger partial charge in [-0.05, 0) is 49.4 Å². The molecule has 1 saturated heterocycles. The van der Waals surface area contributed by atoms with Crippen LogP contribution >= 0.6 is 0 Å². The second-order valence-corrected chi connectivity index (χ2v) is 6.35. The number of nitrogens with zero attached hydrogens (tertiary/aromatic N) is 2. The Bertz CT molecular complexity index is 530. The second-order valence-electron chi connectivity index (χ2n) is 6.35. The van der Waals surface area contributed by atoms with Crippen LogP contribution in [0.25, 0.3) is 0 Å². The number of benzene rings is 1. The molecule has 0 aromatic heterocycles. The first-order valence-electron chi connectivity index (χ1n) is 8.24. The van der Waals surface area contributed by atoms with Gasteiger partial charge in [0.05, 0.1) is 0 Å². The lowest BCUT2D eigenvalue weighted by Gasteiger charge is -2.38. The number of nitrogens with two attached hydrogens (primary N) is 1. The van der Waals surface area contributed by atoms with Gasteiger partial charge in [0.15, 0.2) is 0 Å². The first-order valence-corrected chi connectivity index (χ1v) is 8.24. The Morgan fingerprint density at radius 2 is 1.82 bits per heavy atom. The molecule has 1 aromatic rings. The Labute approximate surface area is 132 Å². The molecule has 0 saturated carbocycles. The Balaban J connectivity index is 1.50. The standard InChI is InChI=1S/C18H25N3O/c19-18(22)16-6-8-17(9-7-16)21-12-10-20(11-13-21)14-15-4-2-1-3-5-15/h1-2,6-9,15H,3-5,10-14H2,(H2,19,22)/t15-/m1/s1. The molecule has 0 bridgehead atoms. The topological polar surface area (TPSA) is 49.6 Å². The van der Waals surface area contributed by atoms with E-state index in [9.17, 15) is 4.79 Å². The van der Waals surface area contributed by atoms with E-state index in [4.69, 9.17) is 5.73 Å². The number of amides is 1. The van der Waals surface area contributed by atoms with Crippen molar-refractivity contribution in [2.45, 2.75) is 19.3 Å². The van der Waals surface area contributed by atoms with Crippen LogP contribution in [0.2, 0.25) is 0 Å². The molecule has 0 unspecified atom stereocenters. The molecule has 1 amide bonds. The summed E-state index contributed by atoms with van der Waals surface area (Å²) in [6.45, 7) is 5.59. The third-order valence-electron chi connectivity index (χ3n) is 4.78. The summed E-state index contributed by atoms with van der Waals surface area (Å²) in [7, 11) is 0. The van der Waals surface area contributed by atoms with Crippen LogP contribution in [0, 0.1) is 5.92 Å². The van der Waals surface area contributed by atoms with E-state index in [0.717, 1.165) is 32.1 Å². The van der Waals surface area contributed by atoms with Crippen molar-refractivity contribution < 1.29 is 4.79 Å². The minimum atomic E-state index is -0.363. The lowest BCUT2D eigenvalue weighted by Crippen LogP contribution is -2.47. The maximum absolute atomic E-state index is 11.1. The Hall–Kier alpha value is -1.81. The summed E-state index contributed by atoms with van der Waals surface area (Å²) in [6, 6.07) is 7.64. The van der Waals surface area contributed by atoms with E-state index < -0.39 is 0 Å². The monoisotopic (exact) mass is 299 g/mol. The fourth-order valence-corrected chi connectivity index (χ4v) is 3.41. The predicted octanol–water partition coefficient (Wildman–Crippen LogP) is 2.26. The van der Waals surface area contributed by atoms with Gasteiger partial charge in [0.1, 0.15) is 0 Å². The number of carbonyl (C=O) groups excluding carboxylic acids is 1. The molecule has 1 aromatic carbocycles. The highest BCUT2D eigenvalue weighted by Gasteiger charge is 2.20. The third kappa shape index (κ3) is 3.69. The van der Waals surface area contributed by atoms with Crippen LogP contribution in [0.3, 0.4) is 0 Å². The Morgan fingerprint density at radius 3 is 2.41 bits per heavy atom. The molecule has 4 heteroatoms. The molecule has 1 aliphatic carbocycles. The Kier molecular flexibility index (Phi) is 4.78. The van der Waals surface area contributed by atoms with Gasteiger partial charge in [0.25, 0.3) is 0 Å². The number of allylic oxidation sites excluding steroid dienone is 2. The van der Waals surface area contributed by atoms with Crippen LogP contribution in [0.15, 0.2) is 36.4 Å². The van der Waals surface area contributed by atoms with E-state index in [-0.39, 0.29) is 5.91 Å². The number of piperazine rings is 1. The second kappa shape index (κ2) is 6.97. The van der Waals surface area contributed by atoms with Gasteiger partial charge in [-0.2, -0.15) is 0 Å². The van der Waals surface area contributed by atoms with E-state index in [1.807, 2.05) is 24.3 Å². The molecule has 1 aliphatic heterocycles. The number of hydrogen-bond acceptors (Lipinski definition) is 3. The van der Waals surface area contributed by atoms with Gasteiger partial charge in [-0.1, -0.05) is 12.2 Å². The van der Waals surface area contributed by atoms with Crippen LogP contribution in [-0.2, 0) is 0 Å². The summed E-state index contributed by atoms with van der Waals surface area (Å²) in [5.74, 6) is 0.476. The quantitative estimate of drug-likeness (QED) is 0.868. The van der Waals surface area contributed by atoms with Gasteiger partial charge in [-0.25, -0.2) is 0 Å². The summed E-state index contributed by atoms with van der Waals surface area (Å²) < 4.78 is 0. The first kappa shape index (κ1) is 15.1. The zero-order chi connectivity index (χ0) is 15.4. The molecular weight excluding hydrogens is 274 g/mol. The molecule has 22 heavy (non-hydrogen) atoms. The summed E-state index contributed by atoms with van der Waals surface area (Å²) in [5.41, 5.74) is 7.05. The molecule has 2 N–H and O–H groups in total. The van der Waals surface area contributed by atoms with E-state index in [0.29, 0.717) is 5.56 Å². The molecule has 0 spiro atoms. The normalized spacial score (nSPS) is 22.7. The van der Waals surface area contributed by atoms with Crippen molar-refractivity contribution in [3.8, 4) is 0 Å². The van der Waals surface area contributed by atoms with Crippen molar-refractivity contribution in [3.05, 3.63) is 42.0 Å². The summed E-state index contributed by atoms with van der Waals surface area (Å²) in [4.78, 5) is 16.1. The molecule has 118 valence electrons. The van der Waals surface area contributed by atoms with E-state index in [1.54, 1.807) is 0 Å². The van der Waals surface area contributed by atoms with Gasteiger partial charge in [-0.15, -0.1) is 0 Å². The molecule has 3 rings (SSSR count). The molecule has 1 heterocycles. The van der Waals surface area contributed by atoms with Crippen LogP contribution < -0.4 is 10.6 Å². The van der Waals surface area contributed by atoms with Crippen molar-refractivity contribution in [3.63, 3.8) is 0 Å². The smallest absolute Gasteiger partial charge is 0.248 e. The van der Waals surface area contributed by atoms with Crippen molar-refractivity contribution in [1.82, 2.24) is 4.90 Å². The number of primary amides is 1. The zero-order valence-electron chi connectivity index (χ0n) is 13.1. The average Bonchev–Trinajstić information content (AvgIpc) is 2.57. The minimum absolute atomic E-state index is 0.363. The minimum Gasteiger partial charge on any atom is -0.369 e. The fourth-order valence-electron chi connectivity index (χ4n) is 3.41. The molecule has 0 radical (unpaired) electrons. The van der Waals surface area contributed by atoms with Gasteiger partial charge in [0, 0.05) is 44.0 Å². The van der Waals surface area contributed by atoms with Crippen molar-refractivity contribution in [2.24, 2.45) is 11.7 Å². The lowest BCUT2D eigenvalue weighted by molar-refractivity contribution is 0.100. The lowest BCUT2D eigenvalue weighted by atomic mass is 9.94. The van der Waals surface area contributed by atoms with Crippen LogP contribution in [0.4, 0.5) is 5.69 Å². The largest absolute Gasteiger partial charge is 0.369 e. The van der Waals surface area contributed by atoms with Crippen LogP contribution in [-0.4, -0.2) is 43.5 Å². The zero-order valence-corrected chi connectivity index (χ0v) is 13.1. The van der Waals surface area contributed by atoms with Crippen molar-refractivity contribution in [2.75, 3.05) is 37.6 Å². The fraction of sp³-hybridized carbons (Fsp3) is 0.500. The molecule has 1 atom stereocenters. The maximum Gasteiger partial charge on any atom is 0.248 e. The van der Waals surface area contributed by atoms with Crippen LogP contribution in [0.5, 0.6) is 0 Å². The number of hydrogen-bond donors (Lipinski definition) is 1. The highest BCUT2D eigenvalue weighted by Crippen LogP contribution is 2.21. The van der Waals surface area contributed by atoms with Gasteiger partial charge < -0.3 is 10.6 Å². The summed E-state index contributed by atoms with van der Waals surface area (Å²) in [5, 5.41) is 0. The van der Waals surface area contributed by atoms with Crippen molar-refractivity contribution in [1.29, 1.82) is 0 Å². The molecule has 1 fully saturated rings. The van der Waals surface area contributed by atoms with Gasteiger partial charge in [-0.3, -0.25) is 9.69 Å². The average molecular weight is 299 g/mol. The molecule has 4 nitrogen and oxygen atoms in total. The molecular formula is C18H25N3O. The maximum atomic E-state index is 11.1. The SMILES string of the molecule is NC(=O)c1ccc(N2CCN(C[C@@H]3CC=CCC3)CC2)cc1. The number of anilines is 1. The highest BCUT2D eigenvalue weighted by molar-refractivity contribution is 5.93. The number of carbonyl (C=O) groups is 1. The van der Waals surface area contributed by atoms with E-state index >= 15 is 0 Å². The summed E-state index contributed by atoms with van der Waals surface area (Å²) in [6.07, 6.45) is 8.48. The van der Waals surface area contributed by atoms with E-state index in [1.165, 1.54) is 31.5 Å². The predicted molar refractivity (Wildman–Crippen MR) is 90.1 cm³/mol. The van der Waals surface area contributed by atoms with E-state index in [2.05, 4.69) is 22.0 Å². The van der Waals surface area contributed by atoms with Gasteiger partial charge >= 0.3 is 0 Å². The Morgan fingerprint density at radius 1 is 1.09 bits per heavy atom. The van der Waals surface area contributed by atoms with Crippen molar-refractivity contribution >= 4 is 11.6 Å².